The van der Waals surface area contributed by atoms with E-state index in [-0.39, 0.29) is 17.9 Å². The van der Waals surface area contributed by atoms with E-state index in [0.717, 1.165) is 36.9 Å². The van der Waals surface area contributed by atoms with Crippen molar-refractivity contribution in [3.8, 4) is 0 Å². The highest BCUT2D eigenvalue weighted by Crippen LogP contribution is 2.38. The number of carbonyl (C=O) groups is 1. The molecule has 1 aromatic carbocycles. The van der Waals surface area contributed by atoms with E-state index in [4.69, 9.17) is 0 Å². The Morgan fingerprint density at radius 2 is 2.00 bits per heavy atom. The van der Waals surface area contributed by atoms with Gasteiger partial charge in [0.25, 0.3) is 0 Å². The molecule has 1 saturated carbocycles. The SMILES string of the molecule is CC1(C(=O)Nc2ccccc2CO)CCCC1. The number of carbonyl (C=O) groups excluding carboxylic acids is 1. The molecule has 1 fully saturated rings. The fraction of sp³-hybridized carbons (Fsp3) is 0.500. The molecule has 0 radical (unpaired) electrons. The topological polar surface area (TPSA) is 49.3 Å². The van der Waals surface area contributed by atoms with Crippen LogP contribution in [0.1, 0.15) is 38.2 Å². The van der Waals surface area contributed by atoms with Gasteiger partial charge in [-0.1, -0.05) is 38.0 Å². The van der Waals surface area contributed by atoms with Crippen molar-refractivity contribution >= 4 is 11.6 Å². The van der Waals surface area contributed by atoms with Crippen LogP contribution in [0.25, 0.3) is 0 Å². The smallest absolute Gasteiger partial charge is 0.230 e. The van der Waals surface area contributed by atoms with Gasteiger partial charge in [0.1, 0.15) is 0 Å². The summed E-state index contributed by atoms with van der Waals surface area (Å²) < 4.78 is 0. The molecular weight excluding hydrogens is 214 g/mol. The molecule has 0 aliphatic heterocycles. The first-order chi connectivity index (χ1) is 8.15. The molecule has 92 valence electrons. The van der Waals surface area contributed by atoms with Gasteiger partial charge in [-0.3, -0.25) is 4.79 Å². The van der Waals surface area contributed by atoms with E-state index >= 15 is 0 Å². The summed E-state index contributed by atoms with van der Waals surface area (Å²) in [7, 11) is 0. The lowest BCUT2D eigenvalue weighted by Gasteiger charge is -2.23. The Morgan fingerprint density at radius 1 is 1.35 bits per heavy atom. The Balaban J connectivity index is 2.12. The van der Waals surface area contributed by atoms with Gasteiger partial charge < -0.3 is 10.4 Å². The predicted octanol–water partition coefficient (Wildman–Crippen LogP) is 2.70. The largest absolute Gasteiger partial charge is 0.392 e. The summed E-state index contributed by atoms with van der Waals surface area (Å²) in [4.78, 5) is 12.2. The second-order valence-corrected chi connectivity index (χ2v) is 5.04. The maximum absolute atomic E-state index is 12.2. The van der Waals surface area contributed by atoms with Gasteiger partial charge in [0.2, 0.25) is 5.91 Å². The lowest BCUT2D eigenvalue weighted by atomic mass is 9.87. The van der Waals surface area contributed by atoms with Crippen molar-refractivity contribution in [3.63, 3.8) is 0 Å². The maximum Gasteiger partial charge on any atom is 0.230 e. The van der Waals surface area contributed by atoms with Crippen molar-refractivity contribution in [3.05, 3.63) is 29.8 Å². The van der Waals surface area contributed by atoms with E-state index in [1.165, 1.54) is 0 Å². The van der Waals surface area contributed by atoms with Crippen LogP contribution in [0.3, 0.4) is 0 Å². The first kappa shape index (κ1) is 12.1. The fourth-order valence-corrected chi connectivity index (χ4v) is 2.44. The Hall–Kier alpha value is -1.35. The molecule has 0 atom stereocenters. The summed E-state index contributed by atoms with van der Waals surface area (Å²) in [6.07, 6.45) is 4.18. The first-order valence-corrected chi connectivity index (χ1v) is 6.16. The van der Waals surface area contributed by atoms with Gasteiger partial charge in [-0.15, -0.1) is 0 Å². The number of nitrogens with one attached hydrogen (secondary N) is 1. The molecule has 0 aromatic heterocycles. The molecule has 0 saturated heterocycles. The lowest BCUT2D eigenvalue weighted by molar-refractivity contribution is -0.124. The quantitative estimate of drug-likeness (QED) is 0.843. The average Bonchev–Trinajstić information content (AvgIpc) is 2.78. The van der Waals surface area contributed by atoms with Crippen LogP contribution in [0.5, 0.6) is 0 Å². The fourth-order valence-electron chi connectivity index (χ4n) is 2.44. The summed E-state index contributed by atoms with van der Waals surface area (Å²) in [5, 5.41) is 12.2. The zero-order valence-electron chi connectivity index (χ0n) is 10.2. The number of benzene rings is 1. The number of aliphatic hydroxyl groups excluding tert-OH is 1. The maximum atomic E-state index is 12.2. The molecule has 1 aliphatic carbocycles. The summed E-state index contributed by atoms with van der Waals surface area (Å²) in [5.41, 5.74) is 1.26. The van der Waals surface area contributed by atoms with E-state index in [1.807, 2.05) is 31.2 Å². The third kappa shape index (κ3) is 2.50. The number of aliphatic hydroxyl groups is 1. The number of rotatable bonds is 3. The standard InChI is InChI=1S/C14H19NO2/c1-14(8-4-5-9-14)13(17)15-12-7-3-2-6-11(12)10-16/h2-3,6-7,16H,4-5,8-10H2,1H3,(H,15,17). The van der Waals surface area contributed by atoms with Crippen LogP contribution >= 0.6 is 0 Å². The minimum atomic E-state index is -0.234. The van der Waals surface area contributed by atoms with Crippen LogP contribution in [0, 0.1) is 5.41 Å². The molecule has 1 aromatic rings. The van der Waals surface area contributed by atoms with Gasteiger partial charge >= 0.3 is 0 Å². The van der Waals surface area contributed by atoms with Crippen molar-refractivity contribution in [2.45, 2.75) is 39.2 Å². The van der Waals surface area contributed by atoms with E-state index in [0.29, 0.717) is 0 Å². The Bertz CT molecular complexity index is 408. The van der Waals surface area contributed by atoms with Gasteiger partial charge in [0.05, 0.1) is 6.61 Å². The number of amides is 1. The number of para-hydroxylation sites is 1. The number of anilines is 1. The van der Waals surface area contributed by atoms with Gasteiger partial charge in [-0.2, -0.15) is 0 Å². The molecule has 0 unspecified atom stereocenters. The van der Waals surface area contributed by atoms with E-state index in [9.17, 15) is 9.90 Å². The third-order valence-electron chi connectivity index (χ3n) is 3.69. The van der Waals surface area contributed by atoms with Gasteiger partial charge in [-0.05, 0) is 18.9 Å². The normalized spacial score (nSPS) is 18.0. The van der Waals surface area contributed by atoms with Crippen LogP contribution in [0.4, 0.5) is 5.69 Å². The Labute approximate surface area is 102 Å². The number of hydrogen-bond donors (Lipinski definition) is 2. The zero-order valence-corrected chi connectivity index (χ0v) is 10.2. The van der Waals surface area contributed by atoms with Crippen LogP contribution in [-0.4, -0.2) is 11.0 Å². The van der Waals surface area contributed by atoms with Crippen molar-refractivity contribution in [1.29, 1.82) is 0 Å². The van der Waals surface area contributed by atoms with Gasteiger partial charge in [-0.25, -0.2) is 0 Å². The van der Waals surface area contributed by atoms with E-state index in [1.54, 1.807) is 0 Å². The molecule has 2 N–H and O–H groups in total. The van der Waals surface area contributed by atoms with Gasteiger partial charge in [0, 0.05) is 16.7 Å². The molecular formula is C14H19NO2. The molecule has 3 nitrogen and oxygen atoms in total. The van der Waals surface area contributed by atoms with Crippen LogP contribution in [0.15, 0.2) is 24.3 Å². The molecule has 0 spiro atoms. The molecule has 1 amide bonds. The van der Waals surface area contributed by atoms with E-state index in [2.05, 4.69) is 5.32 Å². The van der Waals surface area contributed by atoms with Crippen LogP contribution in [0.2, 0.25) is 0 Å². The minimum Gasteiger partial charge on any atom is -0.392 e. The van der Waals surface area contributed by atoms with Crippen molar-refractivity contribution < 1.29 is 9.90 Å². The summed E-state index contributed by atoms with van der Waals surface area (Å²) in [5.74, 6) is 0.0795. The summed E-state index contributed by atoms with van der Waals surface area (Å²) >= 11 is 0. The Kier molecular flexibility index (Phi) is 3.48. The highest BCUT2D eigenvalue weighted by molar-refractivity contribution is 5.95. The number of hydrogen-bond acceptors (Lipinski definition) is 2. The molecule has 0 bridgehead atoms. The Morgan fingerprint density at radius 3 is 2.65 bits per heavy atom. The summed E-state index contributed by atoms with van der Waals surface area (Å²) in [6.45, 7) is 1.98. The molecule has 1 aliphatic rings. The highest BCUT2D eigenvalue weighted by atomic mass is 16.3. The monoisotopic (exact) mass is 233 g/mol. The highest BCUT2D eigenvalue weighted by Gasteiger charge is 2.36. The molecule has 17 heavy (non-hydrogen) atoms. The minimum absolute atomic E-state index is 0.0484. The lowest BCUT2D eigenvalue weighted by Crippen LogP contribution is -2.31. The van der Waals surface area contributed by atoms with Crippen molar-refractivity contribution in [2.24, 2.45) is 5.41 Å². The van der Waals surface area contributed by atoms with Crippen LogP contribution in [-0.2, 0) is 11.4 Å². The first-order valence-electron chi connectivity index (χ1n) is 6.16. The second kappa shape index (κ2) is 4.88. The zero-order chi connectivity index (χ0) is 12.3. The third-order valence-corrected chi connectivity index (χ3v) is 3.69. The van der Waals surface area contributed by atoms with E-state index < -0.39 is 0 Å². The van der Waals surface area contributed by atoms with Gasteiger partial charge in [0.15, 0.2) is 0 Å². The van der Waals surface area contributed by atoms with Crippen molar-refractivity contribution in [1.82, 2.24) is 0 Å². The molecule has 2 rings (SSSR count). The van der Waals surface area contributed by atoms with Crippen LogP contribution < -0.4 is 5.32 Å². The summed E-state index contributed by atoms with van der Waals surface area (Å²) in [6, 6.07) is 7.39. The molecule has 3 heteroatoms. The van der Waals surface area contributed by atoms with Crippen molar-refractivity contribution in [2.75, 3.05) is 5.32 Å². The second-order valence-electron chi connectivity index (χ2n) is 5.04. The predicted molar refractivity (Wildman–Crippen MR) is 67.6 cm³/mol. The average molecular weight is 233 g/mol. The molecule has 0 heterocycles.